The quantitative estimate of drug-likeness (QED) is 0.796. The Morgan fingerprint density at radius 3 is 2.70 bits per heavy atom. The molecule has 0 spiro atoms. The number of sulfone groups is 1. The Morgan fingerprint density at radius 1 is 1.25 bits per heavy atom. The van der Waals surface area contributed by atoms with E-state index in [2.05, 4.69) is 24.5 Å². The summed E-state index contributed by atoms with van der Waals surface area (Å²) in [5.74, 6) is 0.174. The highest BCUT2D eigenvalue weighted by molar-refractivity contribution is 7.90. The summed E-state index contributed by atoms with van der Waals surface area (Å²) in [4.78, 5) is 0. The van der Waals surface area contributed by atoms with Gasteiger partial charge in [0.05, 0.1) is 5.75 Å². The van der Waals surface area contributed by atoms with Crippen LogP contribution in [0, 0.1) is 0 Å². The van der Waals surface area contributed by atoms with E-state index < -0.39 is 9.84 Å². The monoisotopic (exact) mass is 294 g/mol. The van der Waals surface area contributed by atoms with E-state index >= 15 is 0 Å². The van der Waals surface area contributed by atoms with Gasteiger partial charge in [-0.2, -0.15) is 0 Å². The Balaban J connectivity index is 2.25. The molecule has 4 nitrogen and oxygen atoms in total. The van der Waals surface area contributed by atoms with Crippen molar-refractivity contribution in [3.63, 3.8) is 0 Å². The molecule has 5 heteroatoms. The first-order chi connectivity index (χ1) is 9.51. The predicted molar refractivity (Wildman–Crippen MR) is 83.6 cm³/mol. The molecular formula is C15H22N2O2S. The Labute approximate surface area is 120 Å². The zero-order valence-electron chi connectivity index (χ0n) is 12.1. The molecule has 0 aliphatic carbocycles. The van der Waals surface area contributed by atoms with Gasteiger partial charge in [-0.25, -0.2) is 8.42 Å². The SMILES string of the molecule is CCCNCc1cn(CCS(C)(=O)=O)c2ccccc12. The Kier molecular flexibility index (Phi) is 4.83. The van der Waals surface area contributed by atoms with Crippen LogP contribution in [0.25, 0.3) is 10.9 Å². The number of aromatic nitrogens is 1. The highest BCUT2D eigenvalue weighted by Crippen LogP contribution is 2.21. The molecule has 110 valence electrons. The van der Waals surface area contributed by atoms with Crippen LogP contribution >= 0.6 is 0 Å². The summed E-state index contributed by atoms with van der Waals surface area (Å²) >= 11 is 0. The Hall–Kier alpha value is -1.33. The lowest BCUT2D eigenvalue weighted by Crippen LogP contribution is -2.13. The molecule has 2 aromatic rings. The summed E-state index contributed by atoms with van der Waals surface area (Å²) in [6.45, 7) is 4.46. The maximum absolute atomic E-state index is 11.3. The van der Waals surface area contributed by atoms with Crippen molar-refractivity contribution < 1.29 is 8.42 Å². The van der Waals surface area contributed by atoms with Gasteiger partial charge in [-0.1, -0.05) is 25.1 Å². The van der Waals surface area contributed by atoms with Gasteiger partial charge in [0.25, 0.3) is 0 Å². The molecule has 1 heterocycles. The minimum absolute atomic E-state index is 0.174. The van der Waals surface area contributed by atoms with Gasteiger partial charge in [-0.15, -0.1) is 0 Å². The average Bonchev–Trinajstić information content (AvgIpc) is 2.75. The maximum atomic E-state index is 11.3. The fraction of sp³-hybridized carbons (Fsp3) is 0.467. The molecule has 0 aliphatic rings. The number of rotatable bonds is 7. The number of hydrogen-bond donors (Lipinski definition) is 1. The first-order valence-electron chi connectivity index (χ1n) is 6.96. The van der Waals surface area contributed by atoms with Gasteiger partial charge >= 0.3 is 0 Å². The van der Waals surface area contributed by atoms with Gasteiger partial charge in [0.1, 0.15) is 9.84 Å². The number of para-hydroxylation sites is 1. The van der Waals surface area contributed by atoms with Crippen LogP contribution in [-0.2, 0) is 22.9 Å². The standard InChI is InChI=1S/C15H22N2O2S/c1-3-8-16-11-13-12-17(9-10-20(2,18)19)15-7-5-4-6-14(13)15/h4-7,12,16H,3,8-11H2,1-2H3. The van der Waals surface area contributed by atoms with Crippen molar-refractivity contribution in [1.29, 1.82) is 0 Å². The van der Waals surface area contributed by atoms with Crippen molar-refractivity contribution in [2.45, 2.75) is 26.4 Å². The van der Waals surface area contributed by atoms with Crippen LogP contribution in [0.5, 0.6) is 0 Å². The molecule has 1 N–H and O–H groups in total. The number of hydrogen-bond acceptors (Lipinski definition) is 3. The van der Waals surface area contributed by atoms with E-state index in [0.29, 0.717) is 6.54 Å². The third-order valence-electron chi connectivity index (χ3n) is 3.32. The van der Waals surface area contributed by atoms with Crippen LogP contribution in [0.4, 0.5) is 0 Å². The van der Waals surface area contributed by atoms with Gasteiger partial charge in [0.2, 0.25) is 0 Å². The summed E-state index contributed by atoms with van der Waals surface area (Å²) in [7, 11) is -2.94. The van der Waals surface area contributed by atoms with Gasteiger partial charge < -0.3 is 9.88 Å². The van der Waals surface area contributed by atoms with Crippen LogP contribution < -0.4 is 5.32 Å². The molecule has 2 rings (SSSR count). The van der Waals surface area contributed by atoms with Gasteiger partial charge in [-0.05, 0) is 24.6 Å². The largest absolute Gasteiger partial charge is 0.346 e. The van der Waals surface area contributed by atoms with E-state index in [1.807, 2.05) is 22.8 Å². The number of aryl methyl sites for hydroxylation is 1. The molecule has 1 aromatic carbocycles. The molecule has 0 amide bonds. The predicted octanol–water partition coefficient (Wildman–Crippen LogP) is 2.19. The van der Waals surface area contributed by atoms with E-state index in [1.165, 1.54) is 17.2 Å². The van der Waals surface area contributed by atoms with Crippen LogP contribution in [0.2, 0.25) is 0 Å². The minimum atomic E-state index is -2.94. The first kappa shape index (κ1) is 15.1. The second kappa shape index (κ2) is 6.41. The van der Waals surface area contributed by atoms with Crippen molar-refractivity contribution >= 4 is 20.7 Å². The number of fused-ring (bicyclic) bond motifs is 1. The van der Waals surface area contributed by atoms with Gasteiger partial charge in [0.15, 0.2) is 0 Å². The molecule has 0 fully saturated rings. The summed E-state index contributed by atoms with van der Waals surface area (Å²) in [5, 5.41) is 4.60. The van der Waals surface area contributed by atoms with Crippen molar-refractivity contribution in [3.05, 3.63) is 36.0 Å². The van der Waals surface area contributed by atoms with Crippen molar-refractivity contribution in [1.82, 2.24) is 9.88 Å². The summed E-state index contributed by atoms with van der Waals surface area (Å²) < 4.78 is 24.7. The zero-order valence-corrected chi connectivity index (χ0v) is 12.9. The molecule has 0 bridgehead atoms. The Bertz CT molecular complexity index is 674. The topological polar surface area (TPSA) is 51.1 Å². The number of benzene rings is 1. The fourth-order valence-corrected chi connectivity index (χ4v) is 2.84. The zero-order chi connectivity index (χ0) is 14.6. The molecule has 0 unspecified atom stereocenters. The van der Waals surface area contributed by atoms with E-state index in [9.17, 15) is 8.42 Å². The third-order valence-corrected chi connectivity index (χ3v) is 4.24. The van der Waals surface area contributed by atoms with Crippen molar-refractivity contribution in [2.24, 2.45) is 0 Å². The number of nitrogens with one attached hydrogen (secondary N) is 1. The molecule has 20 heavy (non-hydrogen) atoms. The van der Waals surface area contributed by atoms with Crippen LogP contribution in [0.1, 0.15) is 18.9 Å². The molecule has 1 aromatic heterocycles. The van der Waals surface area contributed by atoms with Crippen LogP contribution in [0.3, 0.4) is 0 Å². The highest BCUT2D eigenvalue weighted by Gasteiger charge is 2.09. The molecule has 0 saturated carbocycles. The minimum Gasteiger partial charge on any atom is -0.346 e. The second-order valence-corrected chi connectivity index (χ2v) is 7.43. The molecule has 0 aliphatic heterocycles. The normalized spacial score (nSPS) is 12.1. The lowest BCUT2D eigenvalue weighted by Gasteiger charge is -2.03. The molecular weight excluding hydrogens is 272 g/mol. The maximum Gasteiger partial charge on any atom is 0.149 e. The fourth-order valence-electron chi connectivity index (χ4n) is 2.31. The molecule has 0 atom stereocenters. The second-order valence-electron chi connectivity index (χ2n) is 5.17. The first-order valence-corrected chi connectivity index (χ1v) is 9.02. The van der Waals surface area contributed by atoms with Crippen molar-refractivity contribution in [2.75, 3.05) is 18.6 Å². The van der Waals surface area contributed by atoms with E-state index in [4.69, 9.17) is 0 Å². The van der Waals surface area contributed by atoms with Crippen LogP contribution in [-0.4, -0.2) is 31.5 Å². The van der Waals surface area contributed by atoms with Crippen molar-refractivity contribution in [3.8, 4) is 0 Å². The van der Waals surface area contributed by atoms with E-state index in [1.54, 1.807) is 0 Å². The highest BCUT2D eigenvalue weighted by atomic mass is 32.2. The smallest absolute Gasteiger partial charge is 0.149 e. The summed E-state index contributed by atoms with van der Waals surface area (Å²) in [6.07, 6.45) is 4.45. The average molecular weight is 294 g/mol. The molecule has 0 saturated heterocycles. The third kappa shape index (κ3) is 3.84. The lowest BCUT2D eigenvalue weighted by atomic mass is 10.2. The van der Waals surface area contributed by atoms with E-state index in [0.717, 1.165) is 25.0 Å². The van der Waals surface area contributed by atoms with Gasteiger partial charge in [-0.3, -0.25) is 0 Å². The van der Waals surface area contributed by atoms with E-state index in [-0.39, 0.29) is 5.75 Å². The van der Waals surface area contributed by atoms with Gasteiger partial charge in [0, 0.05) is 36.4 Å². The Morgan fingerprint density at radius 2 is 2.00 bits per heavy atom. The molecule has 0 radical (unpaired) electrons. The lowest BCUT2D eigenvalue weighted by molar-refractivity contribution is 0.595. The van der Waals surface area contributed by atoms with Crippen LogP contribution in [0.15, 0.2) is 30.5 Å². The number of nitrogens with zero attached hydrogens (tertiary/aromatic N) is 1. The summed E-state index contributed by atoms with van der Waals surface area (Å²) in [6, 6.07) is 8.14. The summed E-state index contributed by atoms with van der Waals surface area (Å²) in [5.41, 5.74) is 2.33.